The number of hydrogen-bond acceptors (Lipinski definition) is 9. The third-order valence-corrected chi connectivity index (χ3v) is 13.1. The van der Waals surface area contributed by atoms with Crippen molar-refractivity contribution in [1.82, 2.24) is 5.16 Å². The molecule has 2 aromatic carbocycles. The Kier molecular flexibility index (Phi) is 7.59. The largest absolute Gasteiger partial charge is 0.497 e. The quantitative estimate of drug-likeness (QED) is 0.284. The third kappa shape index (κ3) is 4.71. The van der Waals surface area contributed by atoms with E-state index in [1.165, 1.54) is 12.0 Å². The van der Waals surface area contributed by atoms with Gasteiger partial charge in [-0.05, 0) is 98.5 Å². The molecular formula is C41H45NO8. The molecule has 0 amide bonds. The van der Waals surface area contributed by atoms with Crippen molar-refractivity contribution in [3.8, 4) is 41.1 Å². The van der Waals surface area contributed by atoms with E-state index in [-0.39, 0.29) is 17.4 Å². The molecule has 9 nitrogen and oxygen atoms in total. The molecule has 50 heavy (non-hydrogen) atoms. The van der Waals surface area contributed by atoms with E-state index in [1.54, 1.807) is 45.1 Å². The SMILES string of the molecule is C#CC1(O)CCC2C3CCC4=Cc5oncc5CC4(C)C3CCC21C.COc1ccc2c(c1)OC1(O)COc3cc(OC)c(OC)cc3C1=C2. The van der Waals surface area contributed by atoms with Gasteiger partial charge in [0.15, 0.2) is 23.9 Å². The van der Waals surface area contributed by atoms with Crippen molar-refractivity contribution < 1.29 is 38.4 Å². The van der Waals surface area contributed by atoms with Crippen LogP contribution in [0.25, 0.3) is 17.7 Å². The lowest BCUT2D eigenvalue weighted by molar-refractivity contribution is -0.116. The van der Waals surface area contributed by atoms with Crippen LogP contribution < -0.4 is 23.7 Å². The normalized spacial score (nSPS) is 33.9. The molecule has 7 atom stereocenters. The standard InChI is InChI=1S/C22H27NO2.C19H18O6/c1-4-22(24)10-8-18-16-6-5-15-11-19-14(13-23-25-19)12-20(15,2)17(16)7-9-21(18,22)3;1-21-12-5-4-11-6-14-13-8-17(22-2)18(23-3)9-16(13)24-10-19(14,20)25-15(11)7-12/h1,11,13,16-18,24H,5-10,12H2,2-3H3;4-9,20H,10H2,1-3H3. The van der Waals surface area contributed by atoms with Gasteiger partial charge in [-0.3, -0.25) is 0 Å². The number of aromatic nitrogens is 1. The summed E-state index contributed by atoms with van der Waals surface area (Å²) in [5.74, 6) is 6.98. The molecule has 3 fully saturated rings. The summed E-state index contributed by atoms with van der Waals surface area (Å²) in [6.45, 7) is 4.68. The highest BCUT2D eigenvalue weighted by Gasteiger charge is 2.63. The highest BCUT2D eigenvalue weighted by Crippen LogP contribution is 2.67. The van der Waals surface area contributed by atoms with Crippen LogP contribution >= 0.6 is 0 Å². The van der Waals surface area contributed by atoms with E-state index in [4.69, 9.17) is 34.6 Å². The van der Waals surface area contributed by atoms with Crippen molar-refractivity contribution in [3.05, 3.63) is 64.6 Å². The van der Waals surface area contributed by atoms with E-state index in [0.717, 1.165) is 49.8 Å². The molecule has 3 aromatic rings. The first-order valence-electron chi connectivity index (χ1n) is 17.5. The minimum atomic E-state index is -1.58. The average Bonchev–Trinajstić information content (AvgIpc) is 3.69. The first-order chi connectivity index (χ1) is 24.0. The van der Waals surface area contributed by atoms with Gasteiger partial charge in [0.1, 0.15) is 22.8 Å². The summed E-state index contributed by atoms with van der Waals surface area (Å²) < 4.78 is 32.9. The number of benzene rings is 2. The maximum absolute atomic E-state index is 11.1. The van der Waals surface area contributed by atoms with Crippen molar-refractivity contribution >= 4 is 17.7 Å². The van der Waals surface area contributed by atoms with Crippen LogP contribution in [-0.2, 0) is 6.42 Å². The van der Waals surface area contributed by atoms with Gasteiger partial charge in [0.2, 0.25) is 0 Å². The van der Waals surface area contributed by atoms with Crippen molar-refractivity contribution in [1.29, 1.82) is 0 Å². The van der Waals surface area contributed by atoms with Crippen LogP contribution in [0.3, 0.4) is 0 Å². The van der Waals surface area contributed by atoms with Crippen molar-refractivity contribution in [2.45, 2.75) is 70.2 Å². The maximum atomic E-state index is 11.1. The lowest BCUT2D eigenvalue weighted by Crippen LogP contribution is -2.54. The lowest BCUT2D eigenvalue weighted by Gasteiger charge is -2.58. The summed E-state index contributed by atoms with van der Waals surface area (Å²) >= 11 is 0. The Morgan fingerprint density at radius 3 is 2.46 bits per heavy atom. The Morgan fingerprint density at radius 1 is 0.920 bits per heavy atom. The zero-order valence-corrected chi connectivity index (χ0v) is 29.4. The zero-order chi connectivity index (χ0) is 35.1. The number of terminal acetylenes is 1. The second-order valence-corrected chi connectivity index (χ2v) is 15.2. The predicted molar refractivity (Wildman–Crippen MR) is 188 cm³/mol. The Morgan fingerprint density at radius 2 is 1.70 bits per heavy atom. The van der Waals surface area contributed by atoms with E-state index in [1.807, 2.05) is 24.4 Å². The summed E-state index contributed by atoms with van der Waals surface area (Å²) in [6, 6.07) is 9.00. The number of rotatable bonds is 3. The fourth-order valence-corrected chi connectivity index (χ4v) is 10.3. The van der Waals surface area contributed by atoms with Crippen molar-refractivity contribution in [2.24, 2.45) is 28.6 Å². The third-order valence-electron chi connectivity index (χ3n) is 13.1. The van der Waals surface area contributed by atoms with Gasteiger partial charge in [0.05, 0.1) is 27.5 Å². The summed E-state index contributed by atoms with van der Waals surface area (Å²) in [7, 11) is 4.71. The summed E-state index contributed by atoms with van der Waals surface area (Å²) in [5, 5.41) is 26.1. The molecule has 9 rings (SSSR count). The number of nitrogens with zero attached hydrogens (tertiary/aromatic N) is 1. The Bertz CT molecular complexity index is 1960. The van der Waals surface area contributed by atoms with Gasteiger partial charge < -0.3 is 38.4 Å². The highest BCUT2D eigenvalue weighted by molar-refractivity contribution is 5.92. The predicted octanol–water partition coefficient (Wildman–Crippen LogP) is 6.95. The van der Waals surface area contributed by atoms with E-state index in [9.17, 15) is 10.2 Å². The maximum Gasteiger partial charge on any atom is 0.270 e. The first kappa shape index (κ1) is 32.8. The molecule has 0 spiro atoms. The van der Waals surface area contributed by atoms with Gasteiger partial charge in [-0.2, -0.15) is 0 Å². The smallest absolute Gasteiger partial charge is 0.270 e. The van der Waals surface area contributed by atoms with E-state index in [0.29, 0.717) is 57.6 Å². The topological polar surface area (TPSA) is 113 Å². The van der Waals surface area contributed by atoms with Crippen molar-refractivity contribution in [2.75, 3.05) is 27.9 Å². The highest BCUT2D eigenvalue weighted by atomic mass is 16.7. The Labute approximate surface area is 293 Å². The van der Waals surface area contributed by atoms with Gasteiger partial charge in [0, 0.05) is 39.8 Å². The van der Waals surface area contributed by atoms with Crippen LogP contribution in [-0.4, -0.2) is 54.7 Å². The number of ether oxygens (including phenoxy) is 5. The van der Waals surface area contributed by atoms with E-state index >= 15 is 0 Å². The molecule has 3 saturated carbocycles. The van der Waals surface area contributed by atoms with Gasteiger partial charge in [-0.15, -0.1) is 6.42 Å². The number of methoxy groups -OCH3 is 3. The molecule has 0 radical (unpaired) electrons. The zero-order valence-electron chi connectivity index (χ0n) is 29.4. The second kappa shape index (κ2) is 11.6. The van der Waals surface area contributed by atoms with E-state index in [2.05, 4.69) is 31.0 Å². The number of aliphatic hydroxyl groups is 2. The molecule has 0 saturated heterocycles. The van der Waals surface area contributed by atoms with Crippen LogP contribution in [0.1, 0.15) is 74.8 Å². The minimum absolute atomic E-state index is 0.0298. The average molecular weight is 680 g/mol. The summed E-state index contributed by atoms with van der Waals surface area (Å²) in [5.41, 5.74) is 4.16. The van der Waals surface area contributed by atoms with Gasteiger partial charge in [0.25, 0.3) is 5.79 Å². The molecule has 7 unspecified atom stereocenters. The molecule has 3 heterocycles. The molecule has 1 aromatic heterocycles. The number of allylic oxidation sites excluding steroid dienone is 1. The summed E-state index contributed by atoms with van der Waals surface area (Å²) in [6.07, 6.45) is 19.3. The van der Waals surface area contributed by atoms with Gasteiger partial charge in [-0.25, -0.2) is 0 Å². The molecule has 262 valence electrons. The molecule has 9 heteroatoms. The summed E-state index contributed by atoms with van der Waals surface area (Å²) in [4.78, 5) is 0. The second-order valence-electron chi connectivity index (χ2n) is 15.2. The fraction of sp³-hybridized carbons (Fsp3) is 0.488. The van der Waals surface area contributed by atoms with Crippen LogP contribution in [0.2, 0.25) is 0 Å². The molecular weight excluding hydrogens is 634 g/mol. The number of hydrogen-bond donors (Lipinski definition) is 2. The van der Waals surface area contributed by atoms with Crippen LogP contribution in [0.15, 0.2) is 46.6 Å². The Balaban J connectivity index is 0.000000144. The van der Waals surface area contributed by atoms with Gasteiger partial charge in [-0.1, -0.05) is 30.5 Å². The Hall–Kier alpha value is -4.39. The monoisotopic (exact) mass is 679 g/mol. The van der Waals surface area contributed by atoms with Crippen LogP contribution in [0.5, 0.6) is 28.7 Å². The van der Waals surface area contributed by atoms with Crippen LogP contribution in [0.4, 0.5) is 0 Å². The minimum Gasteiger partial charge on any atom is -0.497 e. The molecule has 2 aliphatic heterocycles. The van der Waals surface area contributed by atoms with Gasteiger partial charge >= 0.3 is 0 Å². The molecule has 0 bridgehead atoms. The molecule has 6 aliphatic rings. The van der Waals surface area contributed by atoms with Crippen LogP contribution in [0, 0.1) is 40.9 Å². The van der Waals surface area contributed by atoms with Crippen molar-refractivity contribution in [3.63, 3.8) is 0 Å². The van der Waals surface area contributed by atoms with E-state index < -0.39 is 11.4 Å². The molecule has 4 aliphatic carbocycles. The number of fused-ring (bicyclic) bond motifs is 10. The fourth-order valence-electron chi connectivity index (χ4n) is 10.3. The molecule has 2 N–H and O–H groups in total. The lowest BCUT2D eigenvalue weighted by atomic mass is 9.46. The first-order valence-corrected chi connectivity index (χ1v) is 17.5.